The molecule has 0 radical (unpaired) electrons. The molecule has 0 saturated heterocycles. The maximum atomic E-state index is 13.1. The summed E-state index contributed by atoms with van der Waals surface area (Å²) >= 11 is 0. The lowest BCUT2D eigenvalue weighted by atomic mass is 10.1. The Hall–Kier alpha value is -1.03. The number of rotatable bonds is 4. The van der Waals surface area contributed by atoms with Crippen LogP contribution in [0.15, 0.2) is 12.1 Å². The first kappa shape index (κ1) is 11.0. The van der Waals surface area contributed by atoms with E-state index in [1.807, 2.05) is 13.8 Å². The van der Waals surface area contributed by atoms with Crippen molar-refractivity contribution in [1.82, 2.24) is 10.3 Å². The van der Waals surface area contributed by atoms with Crippen LogP contribution in [0.2, 0.25) is 0 Å². The molecule has 0 aliphatic carbocycles. The SMILES string of the molecule is CCCN[C@@H](C)c1ccc(F)nc1F. The summed E-state index contributed by atoms with van der Waals surface area (Å²) in [6.45, 7) is 4.66. The summed E-state index contributed by atoms with van der Waals surface area (Å²) in [5.74, 6) is -1.52. The lowest BCUT2D eigenvalue weighted by Crippen LogP contribution is -2.20. The van der Waals surface area contributed by atoms with Crippen LogP contribution in [0, 0.1) is 11.9 Å². The van der Waals surface area contributed by atoms with Gasteiger partial charge in [0.15, 0.2) is 0 Å². The Labute approximate surface area is 82.4 Å². The zero-order chi connectivity index (χ0) is 10.6. The fraction of sp³-hybridized carbons (Fsp3) is 0.500. The molecule has 0 amide bonds. The molecule has 14 heavy (non-hydrogen) atoms. The smallest absolute Gasteiger partial charge is 0.220 e. The predicted octanol–water partition coefficient (Wildman–Crippen LogP) is 2.42. The van der Waals surface area contributed by atoms with Crippen LogP contribution in [0.5, 0.6) is 0 Å². The van der Waals surface area contributed by atoms with Gasteiger partial charge in [0.25, 0.3) is 0 Å². The molecule has 2 nitrogen and oxygen atoms in total. The second-order valence-electron chi connectivity index (χ2n) is 3.19. The topological polar surface area (TPSA) is 24.9 Å². The van der Waals surface area contributed by atoms with Crippen molar-refractivity contribution in [2.45, 2.75) is 26.3 Å². The van der Waals surface area contributed by atoms with Crippen molar-refractivity contribution in [3.05, 3.63) is 29.6 Å². The fourth-order valence-electron chi connectivity index (χ4n) is 1.22. The van der Waals surface area contributed by atoms with Crippen molar-refractivity contribution in [2.24, 2.45) is 0 Å². The second-order valence-corrected chi connectivity index (χ2v) is 3.19. The highest BCUT2D eigenvalue weighted by Gasteiger charge is 2.11. The Morgan fingerprint density at radius 1 is 1.43 bits per heavy atom. The maximum absolute atomic E-state index is 13.1. The molecule has 0 unspecified atom stereocenters. The first-order chi connectivity index (χ1) is 6.65. The molecule has 78 valence electrons. The molecule has 0 aliphatic rings. The molecule has 0 aliphatic heterocycles. The molecule has 1 atom stereocenters. The van der Waals surface area contributed by atoms with Gasteiger partial charge in [-0.2, -0.15) is 13.8 Å². The average molecular weight is 200 g/mol. The highest BCUT2D eigenvalue weighted by Crippen LogP contribution is 2.14. The Morgan fingerprint density at radius 3 is 2.71 bits per heavy atom. The van der Waals surface area contributed by atoms with Crippen molar-refractivity contribution in [1.29, 1.82) is 0 Å². The largest absolute Gasteiger partial charge is 0.310 e. The minimum absolute atomic E-state index is 0.136. The summed E-state index contributed by atoms with van der Waals surface area (Å²) in [5.41, 5.74) is 0.403. The second kappa shape index (κ2) is 5.00. The van der Waals surface area contributed by atoms with Gasteiger partial charge in [0, 0.05) is 11.6 Å². The molecule has 1 N–H and O–H groups in total. The van der Waals surface area contributed by atoms with E-state index >= 15 is 0 Å². The standard InChI is InChI=1S/C10H14F2N2/c1-3-6-13-7(2)8-4-5-9(11)14-10(8)12/h4-5,7,13H,3,6H2,1-2H3/t7-/m0/s1. The molecule has 0 saturated carbocycles. The van der Waals surface area contributed by atoms with Crippen LogP contribution >= 0.6 is 0 Å². The molecular formula is C10H14F2N2. The highest BCUT2D eigenvalue weighted by atomic mass is 19.1. The van der Waals surface area contributed by atoms with E-state index in [-0.39, 0.29) is 6.04 Å². The molecule has 0 spiro atoms. The van der Waals surface area contributed by atoms with Crippen LogP contribution in [-0.2, 0) is 0 Å². The Morgan fingerprint density at radius 2 is 2.14 bits per heavy atom. The molecule has 1 heterocycles. The van der Waals surface area contributed by atoms with Gasteiger partial charge in [0.05, 0.1) is 0 Å². The van der Waals surface area contributed by atoms with E-state index in [0.717, 1.165) is 13.0 Å². The van der Waals surface area contributed by atoms with Crippen LogP contribution in [0.1, 0.15) is 31.9 Å². The lowest BCUT2D eigenvalue weighted by molar-refractivity contribution is 0.475. The third-order valence-electron chi connectivity index (χ3n) is 2.01. The third kappa shape index (κ3) is 2.73. The maximum Gasteiger partial charge on any atom is 0.220 e. The van der Waals surface area contributed by atoms with Crippen LogP contribution in [0.3, 0.4) is 0 Å². The van der Waals surface area contributed by atoms with Crippen molar-refractivity contribution >= 4 is 0 Å². The minimum atomic E-state index is -0.783. The number of aromatic nitrogens is 1. The Bertz CT molecular complexity index is 302. The summed E-state index contributed by atoms with van der Waals surface area (Å²) in [4.78, 5) is 3.13. The summed E-state index contributed by atoms with van der Waals surface area (Å²) in [6.07, 6.45) is 0.973. The average Bonchev–Trinajstić information content (AvgIpc) is 2.14. The van der Waals surface area contributed by atoms with E-state index in [1.165, 1.54) is 12.1 Å². The summed E-state index contributed by atoms with van der Waals surface area (Å²) in [6, 6.07) is 2.45. The minimum Gasteiger partial charge on any atom is -0.310 e. The highest BCUT2D eigenvalue weighted by molar-refractivity contribution is 5.15. The van der Waals surface area contributed by atoms with Crippen LogP contribution < -0.4 is 5.32 Å². The zero-order valence-corrected chi connectivity index (χ0v) is 8.35. The van der Waals surface area contributed by atoms with Crippen molar-refractivity contribution < 1.29 is 8.78 Å². The van der Waals surface area contributed by atoms with Crippen LogP contribution in [-0.4, -0.2) is 11.5 Å². The van der Waals surface area contributed by atoms with Gasteiger partial charge in [0.1, 0.15) is 0 Å². The first-order valence-electron chi connectivity index (χ1n) is 4.70. The van der Waals surface area contributed by atoms with Crippen molar-refractivity contribution in [3.8, 4) is 0 Å². The molecule has 1 aromatic rings. The molecule has 4 heteroatoms. The van der Waals surface area contributed by atoms with E-state index in [9.17, 15) is 8.78 Å². The quantitative estimate of drug-likeness (QED) is 0.755. The number of nitrogens with zero attached hydrogens (tertiary/aromatic N) is 1. The van der Waals surface area contributed by atoms with E-state index in [1.54, 1.807) is 0 Å². The van der Waals surface area contributed by atoms with Gasteiger partial charge in [-0.3, -0.25) is 0 Å². The van der Waals surface area contributed by atoms with Gasteiger partial charge in [-0.1, -0.05) is 6.92 Å². The number of hydrogen-bond donors (Lipinski definition) is 1. The van der Waals surface area contributed by atoms with Gasteiger partial charge in [-0.05, 0) is 32.0 Å². The molecule has 0 aromatic carbocycles. The molecule has 1 rings (SSSR count). The summed E-state index contributed by atoms with van der Waals surface area (Å²) < 4.78 is 25.6. The van der Waals surface area contributed by atoms with Crippen molar-refractivity contribution in [2.75, 3.05) is 6.54 Å². The van der Waals surface area contributed by atoms with Crippen molar-refractivity contribution in [3.63, 3.8) is 0 Å². The third-order valence-corrected chi connectivity index (χ3v) is 2.01. The van der Waals surface area contributed by atoms with Gasteiger partial charge < -0.3 is 5.32 Å². The van der Waals surface area contributed by atoms with Crippen LogP contribution in [0.4, 0.5) is 8.78 Å². The van der Waals surface area contributed by atoms with Gasteiger partial charge in [-0.15, -0.1) is 0 Å². The number of pyridine rings is 1. The van der Waals surface area contributed by atoms with E-state index < -0.39 is 11.9 Å². The monoisotopic (exact) mass is 200 g/mol. The molecular weight excluding hydrogens is 186 g/mol. The number of halogens is 2. The number of hydrogen-bond acceptors (Lipinski definition) is 2. The fourth-order valence-corrected chi connectivity index (χ4v) is 1.22. The summed E-state index contributed by atoms with van der Waals surface area (Å²) in [5, 5.41) is 3.11. The Kier molecular flexibility index (Phi) is 3.95. The molecule has 0 bridgehead atoms. The van der Waals surface area contributed by atoms with Gasteiger partial charge in [-0.25, -0.2) is 0 Å². The van der Waals surface area contributed by atoms with Gasteiger partial charge in [0.2, 0.25) is 11.9 Å². The normalized spacial score (nSPS) is 12.9. The van der Waals surface area contributed by atoms with E-state index in [2.05, 4.69) is 10.3 Å². The Balaban J connectivity index is 2.74. The first-order valence-corrected chi connectivity index (χ1v) is 4.70. The zero-order valence-electron chi connectivity index (χ0n) is 8.35. The van der Waals surface area contributed by atoms with Crippen LogP contribution in [0.25, 0.3) is 0 Å². The van der Waals surface area contributed by atoms with E-state index in [4.69, 9.17) is 0 Å². The molecule has 1 aromatic heterocycles. The molecule has 0 fully saturated rings. The lowest BCUT2D eigenvalue weighted by Gasteiger charge is -2.13. The van der Waals surface area contributed by atoms with Gasteiger partial charge >= 0.3 is 0 Å². The van der Waals surface area contributed by atoms with E-state index in [0.29, 0.717) is 5.56 Å². The predicted molar refractivity (Wildman–Crippen MR) is 50.9 cm³/mol. The summed E-state index contributed by atoms with van der Waals surface area (Å²) in [7, 11) is 0. The number of nitrogens with one attached hydrogen (secondary N) is 1.